The van der Waals surface area contributed by atoms with Gasteiger partial charge in [0.15, 0.2) is 5.82 Å². The minimum absolute atomic E-state index is 0.0321. The van der Waals surface area contributed by atoms with Crippen LogP contribution in [-0.2, 0) is 24.8 Å². The number of fused-ring (bicyclic) bond motifs is 1. The van der Waals surface area contributed by atoms with E-state index in [1.165, 1.54) is 4.57 Å². The minimum atomic E-state index is -0.252. The van der Waals surface area contributed by atoms with Crippen molar-refractivity contribution in [1.29, 1.82) is 0 Å². The van der Waals surface area contributed by atoms with Crippen LogP contribution >= 0.6 is 0 Å². The second kappa shape index (κ2) is 11.2. The average molecular weight is 554 g/mol. The molecule has 1 fully saturated rings. The van der Waals surface area contributed by atoms with E-state index in [0.29, 0.717) is 55.4 Å². The molecular formula is C32H32FN5O3. The molecule has 0 aliphatic carbocycles. The van der Waals surface area contributed by atoms with E-state index < -0.39 is 0 Å². The van der Waals surface area contributed by atoms with Crippen LogP contribution in [0.4, 0.5) is 21.6 Å². The molecule has 0 saturated carbocycles. The fourth-order valence-electron chi connectivity index (χ4n) is 5.46. The van der Waals surface area contributed by atoms with E-state index in [1.807, 2.05) is 24.3 Å². The first kappa shape index (κ1) is 26.7. The lowest BCUT2D eigenvalue weighted by atomic mass is 10.0. The van der Waals surface area contributed by atoms with Crippen molar-refractivity contribution in [3.05, 3.63) is 105 Å². The summed E-state index contributed by atoms with van der Waals surface area (Å²) < 4.78 is 21.0. The third-order valence-electron chi connectivity index (χ3n) is 7.77. The van der Waals surface area contributed by atoms with Crippen LogP contribution in [0.5, 0.6) is 0 Å². The fourth-order valence-corrected chi connectivity index (χ4v) is 5.46. The number of aryl methyl sites for hydroxylation is 2. The zero-order valence-electron chi connectivity index (χ0n) is 23.2. The molecule has 2 aliphatic heterocycles. The van der Waals surface area contributed by atoms with E-state index in [9.17, 15) is 14.0 Å². The van der Waals surface area contributed by atoms with Gasteiger partial charge in [-0.05, 0) is 66.4 Å². The molecule has 4 aromatic rings. The molecule has 0 bridgehead atoms. The molecule has 3 aromatic carbocycles. The van der Waals surface area contributed by atoms with Crippen LogP contribution in [0.3, 0.4) is 0 Å². The summed E-state index contributed by atoms with van der Waals surface area (Å²) >= 11 is 0. The summed E-state index contributed by atoms with van der Waals surface area (Å²) in [6.07, 6.45) is 2.58. The van der Waals surface area contributed by atoms with Crippen LogP contribution in [0, 0.1) is 12.7 Å². The molecule has 0 spiro atoms. The quantitative estimate of drug-likeness (QED) is 0.374. The van der Waals surface area contributed by atoms with Crippen molar-refractivity contribution in [2.45, 2.75) is 19.9 Å². The summed E-state index contributed by atoms with van der Waals surface area (Å²) in [7, 11) is 1.71. The highest BCUT2D eigenvalue weighted by atomic mass is 19.1. The number of nitrogens with zero attached hydrogens (tertiary/aromatic N) is 4. The van der Waals surface area contributed by atoms with E-state index in [4.69, 9.17) is 9.72 Å². The molecule has 9 heteroatoms. The molecule has 1 aromatic heterocycles. The van der Waals surface area contributed by atoms with Crippen LogP contribution in [0.25, 0.3) is 11.3 Å². The molecule has 1 saturated heterocycles. The van der Waals surface area contributed by atoms with Crippen molar-refractivity contribution in [1.82, 2.24) is 14.5 Å². The number of ether oxygens (including phenoxy) is 1. The number of rotatable bonds is 6. The van der Waals surface area contributed by atoms with Gasteiger partial charge in [-0.1, -0.05) is 24.3 Å². The molecule has 0 atom stereocenters. The van der Waals surface area contributed by atoms with E-state index in [-0.39, 0.29) is 23.1 Å². The number of nitrogens with one attached hydrogen (secondary N) is 1. The number of carbonyl (C=O) groups is 1. The Balaban J connectivity index is 1.24. The van der Waals surface area contributed by atoms with Crippen LogP contribution in [0.1, 0.15) is 27.0 Å². The molecule has 1 N–H and O–H groups in total. The van der Waals surface area contributed by atoms with Crippen molar-refractivity contribution in [3.8, 4) is 11.3 Å². The highest BCUT2D eigenvalue weighted by Crippen LogP contribution is 2.36. The van der Waals surface area contributed by atoms with Crippen LogP contribution < -0.4 is 15.8 Å². The largest absolute Gasteiger partial charge is 0.378 e. The number of halogens is 1. The van der Waals surface area contributed by atoms with E-state index in [1.54, 1.807) is 55.4 Å². The first-order valence-corrected chi connectivity index (χ1v) is 13.8. The Labute approximate surface area is 238 Å². The summed E-state index contributed by atoms with van der Waals surface area (Å²) in [5.41, 5.74) is 6.47. The van der Waals surface area contributed by atoms with Crippen molar-refractivity contribution in [3.63, 3.8) is 0 Å². The smallest absolute Gasteiger partial charge is 0.293 e. The topological polar surface area (TPSA) is 79.7 Å². The van der Waals surface area contributed by atoms with Crippen LogP contribution in [-0.4, -0.2) is 53.2 Å². The highest BCUT2D eigenvalue weighted by Gasteiger charge is 2.24. The number of anilines is 3. The van der Waals surface area contributed by atoms with Gasteiger partial charge in [-0.25, -0.2) is 9.37 Å². The molecule has 6 rings (SSSR count). The van der Waals surface area contributed by atoms with Crippen molar-refractivity contribution in [2.75, 3.05) is 43.1 Å². The normalized spacial score (nSPS) is 14.7. The predicted octanol–water partition coefficient (Wildman–Crippen LogP) is 4.67. The zero-order chi connectivity index (χ0) is 28.5. The first-order chi connectivity index (χ1) is 19.9. The SMILES string of the molecule is Cc1ccc(CN2CCc3c(-c4cn(C)c(=O)c(Nc5ccc(C(=O)N6CCOCC6)cc5)n4)cccc32)cc1F. The Morgan fingerprint density at radius 3 is 2.59 bits per heavy atom. The zero-order valence-corrected chi connectivity index (χ0v) is 23.2. The maximum atomic E-state index is 14.1. The lowest BCUT2D eigenvalue weighted by Crippen LogP contribution is -2.40. The van der Waals surface area contributed by atoms with Crippen molar-refractivity contribution >= 4 is 23.1 Å². The number of amides is 1. The number of hydrogen-bond donors (Lipinski definition) is 1. The molecule has 8 nitrogen and oxygen atoms in total. The highest BCUT2D eigenvalue weighted by molar-refractivity contribution is 5.94. The summed E-state index contributed by atoms with van der Waals surface area (Å²) in [6.45, 7) is 5.45. The molecule has 0 radical (unpaired) electrons. The summed E-state index contributed by atoms with van der Waals surface area (Å²) in [5, 5.41) is 3.15. The maximum Gasteiger partial charge on any atom is 0.293 e. The Hall–Kier alpha value is -4.50. The Morgan fingerprint density at radius 1 is 1.05 bits per heavy atom. The molecule has 3 heterocycles. The molecule has 2 aliphatic rings. The third-order valence-corrected chi connectivity index (χ3v) is 7.77. The standard InChI is InChI=1S/C32H32FN5O3/c1-21-6-7-22(18-27(21)33)19-38-13-12-26-25(4-3-5-29(26)38)28-20-36(2)32(40)30(35-28)34-24-10-8-23(9-11-24)31(39)37-14-16-41-17-15-37/h3-11,18,20H,12-17,19H2,1-2H3,(H,34,35). The average Bonchev–Trinajstić information content (AvgIpc) is 3.40. The molecular weight excluding hydrogens is 521 g/mol. The van der Waals surface area contributed by atoms with Gasteiger partial charge in [0.05, 0.1) is 18.9 Å². The fraction of sp³-hybridized carbons (Fsp3) is 0.281. The van der Waals surface area contributed by atoms with E-state index in [0.717, 1.165) is 35.3 Å². The molecule has 0 unspecified atom stereocenters. The molecule has 1 amide bonds. The monoisotopic (exact) mass is 553 g/mol. The van der Waals surface area contributed by atoms with E-state index in [2.05, 4.69) is 16.3 Å². The van der Waals surface area contributed by atoms with Gasteiger partial charge in [0.25, 0.3) is 11.5 Å². The minimum Gasteiger partial charge on any atom is -0.378 e. The third kappa shape index (κ3) is 5.45. The molecule has 210 valence electrons. The number of morpholine rings is 1. The number of benzene rings is 3. The lowest BCUT2D eigenvalue weighted by molar-refractivity contribution is 0.0303. The van der Waals surface area contributed by atoms with Gasteiger partial charge in [0.2, 0.25) is 0 Å². The van der Waals surface area contributed by atoms with Gasteiger partial charge >= 0.3 is 0 Å². The maximum absolute atomic E-state index is 14.1. The van der Waals surface area contributed by atoms with Gasteiger partial charge in [-0.3, -0.25) is 9.59 Å². The number of hydrogen-bond acceptors (Lipinski definition) is 6. The van der Waals surface area contributed by atoms with Crippen LogP contribution in [0.2, 0.25) is 0 Å². The van der Waals surface area contributed by atoms with Crippen molar-refractivity contribution in [2.24, 2.45) is 7.05 Å². The van der Waals surface area contributed by atoms with Gasteiger partial charge in [0, 0.05) is 61.9 Å². The number of carbonyl (C=O) groups excluding carboxylic acids is 1. The summed E-state index contributed by atoms with van der Waals surface area (Å²) in [4.78, 5) is 34.6. The van der Waals surface area contributed by atoms with Gasteiger partial charge in [0.1, 0.15) is 5.82 Å². The lowest BCUT2D eigenvalue weighted by Gasteiger charge is -2.26. The second-order valence-electron chi connectivity index (χ2n) is 10.6. The van der Waals surface area contributed by atoms with Gasteiger partial charge in [-0.15, -0.1) is 0 Å². The second-order valence-corrected chi connectivity index (χ2v) is 10.6. The van der Waals surface area contributed by atoms with Gasteiger partial charge < -0.3 is 24.4 Å². The van der Waals surface area contributed by atoms with E-state index >= 15 is 0 Å². The summed E-state index contributed by atoms with van der Waals surface area (Å²) in [6, 6.07) is 18.6. The number of aromatic nitrogens is 2. The van der Waals surface area contributed by atoms with Crippen LogP contribution in [0.15, 0.2) is 71.7 Å². The first-order valence-electron chi connectivity index (χ1n) is 13.8. The van der Waals surface area contributed by atoms with Crippen molar-refractivity contribution < 1.29 is 13.9 Å². The Morgan fingerprint density at radius 2 is 1.83 bits per heavy atom. The summed E-state index contributed by atoms with van der Waals surface area (Å²) in [5.74, 6) is -0.0151. The Bertz CT molecular complexity index is 1660. The molecule has 41 heavy (non-hydrogen) atoms. The van der Waals surface area contributed by atoms with Gasteiger partial charge in [-0.2, -0.15) is 0 Å². The Kier molecular flexibility index (Phi) is 7.28. The predicted molar refractivity (Wildman–Crippen MR) is 157 cm³/mol.